The molecule has 0 aromatic carbocycles. The normalized spacial score (nSPS) is 24.6. The minimum absolute atomic E-state index is 0.0291. The Morgan fingerprint density at radius 2 is 1.89 bits per heavy atom. The highest BCUT2D eigenvalue weighted by Crippen LogP contribution is 2.43. The van der Waals surface area contributed by atoms with Crippen molar-refractivity contribution in [3.8, 4) is 0 Å². The SMILES string of the molecule is O=c1[nH]c(N2CCOCC2)nc2c1CCC21CCCN(c2ncc(F)cn2)C1. The summed E-state index contributed by atoms with van der Waals surface area (Å²) in [5.74, 6) is 0.737. The quantitative estimate of drug-likeness (QED) is 0.825. The van der Waals surface area contributed by atoms with Gasteiger partial charge in [0.15, 0.2) is 5.82 Å². The van der Waals surface area contributed by atoms with Gasteiger partial charge in [0, 0.05) is 37.2 Å². The molecule has 1 unspecified atom stereocenters. The third-order valence-electron chi connectivity index (χ3n) is 6.14. The Bertz CT molecular complexity index is 927. The van der Waals surface area contributed by atoms with Gasteiger partial charge in [-0.15, -0.1) is 0 Å². The number of morpholine rings is 1. The molecule has 3 aliphatic rings. The summed E-state index contributed by atoms with van der Waals surface area (Å²) in [5.41, 5.74) is 1.52. The van der Waals surface area contributed by atoms with E-state index in [0.717, 1.165) is 56.6 Å². The Hall–Kier alpha value is -2.55. The molecule has 0 amide bonds. The minimum Gasteiger partial charge on any atom is -0.378 e. The fourth-order valence-corrected chi connectivity index (χ4v) is 4.73. The summed E-state index contributed by atoms with van der Waals surface area (Å²) >= 11 is 0. The van der Waals surface area contributed by atoms with Gasteiger partial charge in [0.05, 0.1) is 31.3 Å². The number of hydrogen-bond donors (Lipinski definition) is 1. The molecule has 2 aromatic heterocycles. The van der Waals surface area contributed by atoms with Crippen LogP contribution < -0.4 is 15.4 Å². The summed E-state index contributed by atoms with van der Waals surface area (Å²) in [4.78, 5) is 33.2. The molecule has 0 saturated carbocycles. The van der Waals surface area contributed by atoms with Gasteiger partial charge in [-0.05, 0) is 25.7 Å². The second kappa shape index (κ2) is 6.80. The number of rotatable bonds is 2. The van der Waals surface area contributed by atoms with E-state index in [1.807, 2.05) is 0 Å². The lowest BCUT2D eigenvalue weighted by Crippen LogP contribution is -2.47. The first-order valence-electron chi connectivity index (χ1n) is 9.83. The zero-order chi connectivity index (χ0) is 19.1. The fourth-order valence-electron chi connectivity index (χ4n) is 4.73. The molecule has 2 saturated heterocycles. The van der Waals surface area contributed by atoms with Gasteiger partial charge in [-0.25, -0.2) is 19.3 Å². The molecular weight excluding hydrogens is 363 g/mol. The minimum atomic E-state index is -0.440. The van der Waals surface area contributed by atoms with Crippen molar-refractivity contribution in [2.75, 3.05) is 49.2 Å². The number of aromatic nitrogens is 4. The van der Waals surface area contributed by atoms with Crippen LogP contribution in [0.3, 0.4) is 0 Å². The first-order chi connectivity index (χ1) is 13.6. The van der Waals surface area contributed by atoms with Gasteiger partial charge in [0.2, 0.25) is 11.9 Å². The number of anilines is 2. The molecule has 0 bridgehead atoms. The summed E-state index contributed by atoms with van der Waals surface area (Å²) in [5, 5.41) is 0. The molecule has 9 heteroatoms. The van der Waals surface area contributed by atoms with Crippen LogP contribution in [-0.4, -0.2) is 59.3 Å². The predicted octanol–water partition coefficient (Wildman–Crippen LogP) is 1.02. The molecule has 28 heavy (non-hydrogen) atoms. The van der Waals surface area contributed by atoms with Gasteiger partial charge in [0.1, 0.15) is 0 Å². The molecule has 148 valence electrons. The summed E-state index contributed by atoms with van der Waals surface area (Å²) < 4.78 is 18.6. The number of hydrogen-bond acceptors (Lipinski definition) is 7. The average Bonchev–Trinajstić information content (AvgIpc) is 3.07. The van der Waals surface area contributed by atoms with E-state index in [9.17, 15) is 9.18 Å². The maximum atomic E-state index is 13.2. The molecule has 4 heterocycles. The van der Waals surface area contributed by atoms with Crippen molar-refractivity contribution >= 4 is 11.9 Å². The number of ether oxygens (including phenoxy) is 1. The zero-order valence-corrected chi connectivity index (χ0v) is 15.7. The van der Waals surface area contributed by atoms with Crippen molar-refractivity contribution < 1.29 is 9.13 Å². The first-order valence-corrected chi connectivity index (χ1v) is 9.83. The zero-order valence-electron chi connectivity index (χ0n) is 15.7. The molecule has 1 atom stereocenters. The van der Waals surface area contributed by atoms with Crippen molar-refractivity contribution in [1.29, 1.82) is 0 Å². The van der Waals surface area contributed by atoms with Crippen LogP contribution in [0.5, 0.6) is 0 Å². The van der Waals surface area contributed by atoms with Crippen molar-refractivity contribution in [2.24, 2.45) is 0 Å². The van der Waals surface area contributed by atoms with E-state index in [1.54, 1.807) is 0 Å². The predicted molar refractivity (Wildman–Crippen MR) is 101 cm³/mol. The van der Waals surface area contributed by atoms with E-state index in [-0.39, 0.29) is 11.0 Å². The Balaban J connectivity index is 1.49. The number of fused-ring (bicyclic) bond motifs is 2. The van der Waals surface area contributed by atoms with Gasteiger partial charge < -0.3 is 14.5 Å². The molecule has 5 rings (SSSR count). The van der Waals surface area contributed by atoms with E-state index in [0.29, 0.717) is 31.7 Å². The second-order valence-electron chi connectivity index (χ2n) is 7.82. The van der Waals surface area contributed by atoms with E-state index in [1.165, 1.54) is 12.4 Å². The summed E-state index contributed by atoms with van der Waals surface area (Å²) in [6.07, 6.45) is 5.97. The van der Waals surface area contributed by atoms with E-state index in [4.69, 9.17) is 9.72 Å². The number of nitrogens with zero attached hydrogens (tertiary/aromatic N) is 5. The maximum Gasteiger partial charge on any atom is 0.255 e. The lowest BCUT2D eigenvalue weighted by atomic mass is 9.77. The van der Waals surface area contributed by atoms with Crippen molar-refractivity contribution in [3.05, 3.63) is 39.8 Å². The van der Waals surface area contributed by atoms with Crippen LogP contribution in [0.4, 0.5) is 16.3 Å². The van der Waals surface area contributed by atoms with E-state index < -0.39 is 5.82 Å². The lowest BCUT2D eigenvalue weighted by molar-refractivity contribution is 0.122. The second-order valence-corrected chi connectivity index (χ2v) is 7.82. The standard InChI is InChI=1S/C19H23FN6O2/c20-13-10-21-17(22-11-13)26-5-1-3-19(12-26)4-2-14-15(19)23-18(24-16(14)27)25-6-8-28-9-7-25/h10-11H,1-9,12H2,(H,23,24,27). The van der Waals surface area contributed by atoms with Crippen LogP contribution in [0, 0.1) is 5.82 Å². The molecule has 0 radical (unpaired) electrons. The van der Waals surface area contributed by atoms with E-state index in [2.05, 4.69) is 24.8 Å². The van der Waals surface area contributed by atoms with Gasteiger partial charge in [0.25, 0.3) is 5.56 Å². The highest BCUT2D eigenvalue weighted by molar-refractivity contribution is 5.43. The Morgan fingerprint density at radius 3 is 2.68 bits per heavy atom. The maximum absolute atomic E-state index is 13.2. The molecule has 1 spiro atoms. The Kier molecular flexibility index (Phi) is 4.26. The number of aromatic amines is 1. The largest absolute Gasteiger partial charge is 0.378 e. The van der Waals surface area contributed by atoms with Crippen LogP contribution in [0.1, 0.15) is 30.5 Å². The molecule has 1 aliphatic carbocycles. The summed E-state index contributed by atoms with van der Waals surface area (Å²) in [6, 6.07) is 0. The van der Waals surface area contributed by atoms with Gasteiger partial charge in [-0.2, -0.15) is 0 Å². The molecular formula is C19H23FN6O2. The van der Waals surface area contributed by atoms with Gasteiger partial charge in [-0.1, -0.05) is 0 Å². The molecule has 8 nitrogen and oxygen atoms in total. The third kappa shape index (κ3) is 2.94. The Labute approximate surface area is 161 Å². The van der Waals surface area contributed by atoms with Crippen LogP contribution in [0.25, 0.3) is 0 Å². The van der Waals surface area contributed by atoms with Crippen LogP contribution in [-0.2, 0) is 16.6 Å². The first kappa shape index (κ1) is 17.5. The molecule has 2 fully saturated rings. The molecule has 2 aliphatic heterocycles. The van der Waals surface area contributed by atoms with E-state index >= 15 is 0 Å². The van der Waals surface area contributed by atoms with Gasteiger partial charge in [-0.3, -0.25) is 9.78 Å². The number of halogens is 1. The Morgan fingerprint density at radius 1 is 1.11 bits per heavy atom. The lowest BCUT2D eigenvalue weighted by Gasteiger charge is -2.40. The van der Waals surface area contributed by atoms with Crippen LogP contribution in [0.2, 0.25) is 0 Å². The fraction of sp³-hybridized carbons (Fsp3) is 0.579. The third-order valence-corrected chi connectivity index (χ3v) is 6.14. The number of H-pyrrole nitrogens is 1. The van der Waals surface area contributed by atoms with Crippen molar-refractivity contribution in [2.45, 2.75) is 31.1 Å². The highest BCUT2D eigenvalue weighted by Gasteiger charge is 2.45. The average molecular weight is 386 g/mol. The summed E-state index contributed by atoms with van der Waals surface area (Å²) in [6.45, 7) is 4.25. The summed E-state index contributed by atoms with van der Waals surface area (Å²) in [7, 11) is 0. The number of nitrogens with one attached hydrogen (secondary N) is 1. The van der Waals surface area contributed by atoms with Crippen molar-refractivity contribution in [1.82, 2.24) is 19.9 Å². The smallest absolute Gasteiger partial charge is 0.255 e. The highest BCUT2D eigenvalue weighted by atomic mass is 19.1. The number of piperidine rings is 1. The van der Waals surface area contributed by atoms with Crippen molar-refractivity contribution in [3.63, 3.8) is 0 Å². The monoisotopic (exact) mass is 386 g/mol. The topological polar surface area (TPSA) is 87.2 Å². The van der Waals surface area contributed by atoms with Crippen LogP contribution in [0.15, 0.2) is 17.2 Å². The molecule has 2 aromatic rings. The van der Waals surface area contributed by atoms with Gasteiger partial charge >= 0.3 is 0 Å². The molecule has 1 N–H and O–H groups in total. The van der Waals surface area contributed by atoms with Crippen LogP contribution >= 0.6 is 0 Å².